The van der Waals surface area contributed by atoms with Gasteiger partial charge in [-0.25, -0.2) is 4.39 Å². The van der Waals surface area contributed by atoms with E-state index in [2.05, 4.69) is 20.9 Å². The topological polar surface area (TPSA) is 78.7 Å². The van der Waals surface area contributed by atoms with Crippen molar-refractivity contribution in [1.29, 1.82) is 0 Å². The molecule has 2 aromatic rings. The van der Waals surface area contributed by atoms with Crippen LogP contribution in [0.15, 0.2) is 52.1 Å². The van der Waals surface area contributed by atoms with Gasteiger partial charge in [-0.05, 0) is 42.7 Å². The highest BCUT2D eigenvalue weighted by molar-refractivity contribution is 5.86. The predicted molar refractivity (Wildman–Crippen MR) is 97.2 cm³/mol. The van der Waals surface area contributed by atoms with Crippen LogP contribution < -0.4 is 16.0 Å². The van der Waals surface area contributed by atoms with E-state index >= 15 is 0 Å². The van der Waals surface area contributed by atoms with E-state index in [9.17, 15) is 9.18 Å². The number of nitrogens with one attached hydrogen (secondary N) is 3. The second-order valence-electron chi connectivity index (χ2n) is 6.43. The van der Waals surface area contributed by atoms with E-state index in [-0.39, 0.29) is 23.7 Å². The molecule has 0 radical (unpaired) electrons. The first kappa shape index (κ1) is 18.0. The van der Waals surface area contributed by atoms with Gasteiger partial charge in [0.15, 0.2) is 5.96 Å². The molecular formula is C19H23FN4O2. The van der Waals surface area contributed by atoms with E-state index in [0.717, 1.165) is 18.4 Å². The smallest absolute Gasteiger partial charge is 0.239 e. The number of aliphatic imine (C=N–C) groups is 1. The molecule has 1 aliphatic carbocycles. The van der Waals surface area contributed by atoms with Crippen LogP contribution in [0.3, 0.4) is 0 Å². The largest absolute Gasteiger partial charge is 0.467 e. The van der Waals surface area contributed by atoms with E-state index in [4.69, 9.17) is 4.42 Å². The van der Waals surface area contributed by atoms with Crippen LogP contribution in [0.25, 0.3) is 0 Å². The van der Waals surface area contributed by atoms with Crippen LogP contribution in [0, 0.1) is 5.82 Å². The van der Waals surface area contributed by atoms with Crippen LogP contribution in [0.4, 0.5) is 4.39 Å². The van der Waals surface area contributed by atoms with Crippen molar-refractivity contribution in [2.24, 2.45) is 4.99 Å². The van der Waals surface area contributed by atoms with Crippen molar-refractivity contribution in [3.8, 4) is 0 Å². The summed E-state index contributed by atoms with van der Waals surface area (Å²) >= 11 is 0. The summed E-state index contributed by atoms with van der Waals surface area (Å²) in [5.74, 6) is 0.868. The Morgan fingerprint density at radius 3 is 2.73 bits per heavy atom. The molecule has 0 atom stereocenters. The second kappa shape index (κ2) is 8.03. The van der Waals surface area contributed by atoms with Crippen molar-refractivity contribution in [3.63, 3.8) is 0 Å². The highest BCUT2D eigenvalue weighted by Crippen LogP contribution is 2.47. The van der Waals surface area contributed by atoms with Gasteiger partial charge in [0.2, 0.25) is 5.91 Å². The molecule has 138 valence electrons. The molecule has 1 heterocycles. The summed E-state index contributed by atoms with van der Waals surface area (Å²) in [5, 5.41) is 8.98. The zero-order chi connectivity index (χ0) is 18.4. The van der Waals surface area contributed by atoms with E-state index in [0.29, 0.717) is 24.8 Å². The zero-order valence-electron chi connectivity index (χ0n) is 14.7. The van der Waals surface area contributed by atoms with Gasteiger partial charge in [0.25, 0.3) is 0 Å². The van der Waals surface area contributed by atoms with Gasteiger partial charge in [0, 0.05) is 19.0 Å². The molecule has 3 N–H and O–H groups in total. The predicted octanol–water partition coefficient (Wildman–Crippen LogP) is 1.93. The SMILES string of the molecule is CN=C(NCC(=O)NCc1ccco1)NCC1(c2cccc(F)c2)CC1. The highest BCUT2D eigenvalue weighted by Gasteiger charge is 2.44. The lowest BCUT2D eigenvalue weighted by Gasteiger charge is -2.19. The van der Waals surface area contributed by atoms with E-state index in [1.54, 1.807) is 37.6 Å². The van der Waals surface area contributed by atoms with Crippen molar-refractivity contribution in [1.82, 2.24) is 16.0 Å². The van der Waals surface area contributed by atoms with E-state index in [1.165, 1.54) is 6.07 Å². The fourth-order valence-corrected chi connectivity index (χ4v) is 2.84. The molecule has 1 fully saturated rings. The summed E-state index contributed by atoms with van der Waals surface area (Å²) in [6.45, 7) is 1.10. The van der Waals surface area contributed by atoms with E-state index in [1.807, 2.05) is 6.07 Å². The van der Waals surface area contributed by atoms with Gasteiger partial charge in [-0.2, -0.15) is 0 Å². The van der Waals surface area contributed by atoms with Gasteiger partial charge in [0.05, 0.1) is 19.4 Å². The Morgan fingerprint density at radius 1 is 1.23 bits per heavy atom. The molecule has 7 heteroatoms. The molecule has 0 spiro atoms. The van der Waals surface area contributed by atoms with Gasteiger partial charge >= 0.3 is 0 Å². The Kier molecular flexibility index (Phi) is 5.55. The minimum Gasteiger partial charge on any atom is -0.467 e. The summed E-state index contributed by atoms with van der Waals surface area (Å²) in [7, 11) is 1.65. The number of furan rings is 1. The number of hydrogen-bond acceptors (Lipinski definition) is 3. The van der Waals surface area contributed by atoms with Crippen molar-refractivity contribution in [3.05, 3.63) is 59.8 Å². The molecule has 0 aliphatic heterocycles. The number of hydrogen-bond donors (Lipinski definition) is 3. The Hall–Kier alpha value is -2.83. The summed E-state index contributed by atoms with van der Waals surface area (Å²) in [6.07, 6.45) is 3.58. The monoisotopic (exact) mass is 358 g/mol. The average Bonchev–Trinajstić information content (AvgIpc) is 3.26. The summed E-state index contributed by atoms with van der Waals surface area (Å²) < 4.78 is 18.6. The highest BCUT2D eigenvalue weighted by atomic mass is 19.1. The normalized spacial score (nSPS) is 15.4. The molecule has 1 aromatic carbocycles. The van der Waals surface area contributed by atoms with Gasteiger partial charge < -0.3 is 20.4 Å². The first-order valence-corrected chi connectivity index (χ1v) is 8.61. The first-order valence-electron chi connectivity index (χ1n) is 8.61. The number of amides is 1. The number of carbonyl (C=O) groups excluding carboxylic acids is 1. The fourth-order valence-electron chi connectivity index (χ4n) is 2.84. The van der Waals surface area contributed by atoms with Crippen molar-refractivity contribution in [2.45, 2.75) is 24.8 Å². The minimum atomic E-state index is -0.218. The molecule has 0 unspecified atom stereocenters. The fraction of sp³-hybridized carbons (Fsp3) is 0.368. The summed E-state index contributed by atoms with van der Waals surface area (Å²) in [5.41, 5.74) is 0.943. The van der Waals surface area contributed by atoms with Crippen LogP contribution >= 0.6 is 0 Å². The molecule has 1 amide bonds. The molecule has 26 heavy (non-hydrogen) atoms. The third-order valence-corrected chi connectivity index (χ3v) is 4.56. The van der Waals surface area contributed by atoms with Gasteiger partial charge in [-0.3, -0.25) is 9.79 Å². The van der Waals surface area contributed by atoms with Crippen LogP contribution in [0.1, 0.15) is 24.2 Å². The lowest BCUT2D eigenvalue weighted by atomic mass is 9.96. The number of halogens is 1. The molecule has 0 saturated heterocycles. The number of rotatable bonds is 7. The van der Waals surface area contributed by atoms with Crippen LogP contribution in [-0.4, -0.2) is 32.0 Å². The van der Waals surface area contributed by atoms with Gasteiger partial charge in [0.1, 0.15) is 11.6 Å². The maximum Gasteiger partial charge on any atom is 0.239 e. The summed E-state index contributed by atoms with van der Waals surface area (Å²) in [6, 6.07) is 10.3. The maximum absolute atomic E-state index is 13.5. The average molecular weight is 358 g/mol. The Bertz CT molecular complexity index is 770. The second-order valence-corrected chi connectivity index (χ2v) is 6.43. The lowest BCUT2D eigenvalue weighted by molar-refractivity contribution is -0.120. The standard InChI is InChI=1S/C19H23FN4O2/c1-21-18(23-12-17(25)22-11-16-6-3-9-26-16)24-13-19(7-8-19)14-4-2-5-15(20)10-14/h2-6,9-10H,7-8,11-13H2,1H3,(H,22,25)(H2,21,23,24). The molecule has 3 rings (SSSR count). The zero-order valence-corrected chi connectivity index (χ0v) is 14.7. The third-order valence-electron chi connectivity index (χ3n) is 4.56. The molecule has 1 aromatic heterocycles. The Balaban J connectivity index is 1.44. The van der Waals surface area contributed by atoms with Crippen LogP contribution in [-0.2, 0) is 16.8 Å². The molecule has 6 nitrogen and oxygen atoms in total. The number of nitrogens with zero attached hydrogens (tertiary/aromatic N) is 1. The number of carbonyl (C=O) groups is 1. The van der Waals surface area contributed by atoms with Crippen molar-refractivity contribution in [2.75, 3.05) is 20.1 Å². The van der Waals surface area contributed by atoms with E-state index < -0.39 is 0 Å². The minimum absolute atomic E-state index is 0.0543. The van der Waals surface area contributed by atoms with Crippen molar-refractivity contribution >= 4 is 11.9 Å². The number of benzene rings is 1. The molecular weight excluding hydrogens is 335 g/mol. The molecule has 1 saturated carbocycles. The first-order chi connectivity index (χ1) is 12.6. The van der Waals surface area contributed by atoms with Crippen LogP contribution in [0.5, 0.6) is 0 Å². The Labute approximate surface area is 151 Å². The lowest BCUT2D eigenvalue weighted by Crippen LogP contribution is -2.45. The van der Waals surface area contributed by atoms with Gasteiger partial charge in [-0.1, -0.05) is 12.1 Å². The maximum atomic E-state index is 13.5. The summed E-state index contributed by atoms with van der Waals surface area (Å²) in [4.78, 5) is 16.0. The molecule has 1 aliphatic rings. The number of guanidine groups is 1. The molecule has 0 bridgehead atoms. The van der Waals surface area contributed by atoms with Crippen LogP contribution in [0.2, 0.25) is 0 Å². The van der Waals surface area contributed by atoms with Gasteiger partial charge in [-0.15, -0.1) is 0 Å². The Morgan fingerprint density at radius 2 is 2.08 bits per heavy atom. The third kappa shape index (κ3) is 4.62. The van der Waals surface area contributed by atoms with Crippen molar-refractivity contribution < 1.29 is 13.6 Å². The quantitative estimate of drug-likeness (QED) is 0.522.